The fourth-order valence-corrected chi connectivity index (χ4v) is 5.21. The van der Waals surface area contributed by atoms with Crippen molar-refractivity contribution in [3.8, 4) is 0 Å². The van der Waals surface area contributed by atoms with E-state index in [1.165, 1.54) is 52.7 Å². The van der Waals surface area contributed by atoms with Gasteiger partial charge in [-0.2, -0.15) is 0 Å². The second kappa shape index (κ2) is 17.4. The maximum Gasteiger partial charge on any atom is 0.0894 e. The zero-order valence-electron chi connectivity index (χ0n) is 24.4. The van der Waals surface area contributed by atoms with Gasteiger partial charge in [0.25, 0.3) is 0 Å². The van der Waals surface area contributed by atoms with Gasteiger partial charge in [0.1, 0.15) is 0 Å². The number of aryl methyl sites for hydroxylation is 2. The van der Waals surface area contributed by atoms with E-state index in [1.807, 2.05) is 31.2 Å². The molecule has 2 N–H and O–H groups in total. The molecule has 0 spiro atoms. The van der Waals surface area contributed by atoms with Gasteiger partial charge in [0.2, 0.25) is 0 Å². The number of anilines is 1. The topological polar surface area (TPSA) is 26.0 Å². The predicted molar refractivity (Wildman–Crippen MR) is 173 cm³/mol. The Morgan fingerprint density at radius 3 is 2.10 bits per heavy atom. The Morgan fingerprint density at radius 1 is 0.872 bits per heavy atom. The van der Waals surface area contributed by atoms with Crippen LogP contribution in [-0.4, -0.2) is 6.67 Å². The lowest BCUT2D eigenvalue weighted by Crippen LogP contribution is -1.98. The highest BCUT2D eigenvalue weighted by atomic mass is 35.5. The van der Waals surface area contributed by atoms with E-state index in [4.69, 9.17) is 28.9 Å². The van der Waals surface area contributed by atoms with Gasteiger partial charge in [-0.3, -0.25) is 4.39 Å². The average molecular weight is 571 g/mol. The number of alkyl halides is 1. The van der Waals surface area contributed by atoms with Crippen LogP contribution in [0.3, 0.4) is 0 Å². The van der Waals surface area contributed by atoms with Crippen molar-refractivity contribution >= 4 is 40.0 Å². The Morgan fingerprint density at radius 2 is 1.56 bits per heavy atom. The van der Waals surface area contributed by atoms with E-state index in [9.17, 15) is 4.39 Å². The molecule has 1 unspecified atom stereocenters. The van der Waals surface area contributed by atoms with Crippen LogP contribution in [-0.2, 0) is 6.42 Å². The third-order valence-corrected chi connectivity index (χ3v) is 7.68. The highest BCUT2D eigenvalue weighted by Crippen LogP contribution is 2.42. The Bertz CT molecular complexity index is 1180. The first-order valence-corrected chi connectivity index (χ1v) is 15.2. The summed E-state index contributed by atoms with van der Waals surface area (Å²) in [6.07, 6.45) is 8.79. The van der Waals surface area contributed by atoms with Crippen LogP contribution < -0.4 is 5.73 Å². The molecule has 0 radical (unpaired) electrons. The van der Waals surface area contributed by atoms with Crippen molar-refractivity contribution in [2.45, 2.75) is 86.0 Å². The minimum atomic E-state index is -0.156. The number of hydrogen-bond donors (Lipinski definition) is 1. The summed E-state index contributed by atoms with van der Waals surface area (Å²) in [5, 5.41) is 1.35. The summed E-state index contributed by atoms with van der Waals surface area (Å²) >= 11 is 12.8. The van der Waals surface area contributed by atoms with E-state index in [2.05, 4.69) is 64.1 Å². The zero-order valence-corrected chi connectivity index (χ0v) is 25.9. The van der Waals surface area contributed by atoms with Gasteiger partial charge in [-0.15, -0.1) is 0 Å². The number of unbranched alkanes of at least 4 members (excludes halogenated alkanes) is 1. The molecule has 0 fully saturated rings. The third kappa shape index (κ3) is 10.3. The normalized spacial score (nSPS) is 13.3. The SMILES string of the molecule is CCCC(C)CC.CCCCF.Cc1ccc(C2=C(c3ccc(Cl)cc3Cl)CCCc3cc(N)ccc32)cc1. The van der Waals surface area contributed by atoms with Crippen LogP contribution >= 0.6 is 23.2 Å². The molecule has 0 aromatic heterocycles. The second-order valence-corrected chi connectivity index (χ2v) is 11.3. The maximum atomic E-state index is 11.0. The van der Waals surface area contributed by atoms with E-state index in [1.54, 1.807) is 0 Å². The number of hydrogen-bond acceptors (Lipinski definition) is 1. The molecule has 1 aliphatic carbocycles. The highest BCUT2D eigenvalue weighted by Gasteiger charge is 2.21. The van der Waals surface area contributed by atoms with Crippen molar-refractivity contribution in [2.75, 3.05) is 12.4 Å². The van der Waals surface area contributed by atoms with Gasteiger partial charge in [0.05, 0.1) is 6.67 Å². The lowest BCUT2D eigenvalue weighted by molar-refractivity contribution is 0.469. The Balaban J connectivity index is 0.000000374. The summed E-state index contributed by atoms with van der Waals surface area (Å²) in [5.41, 5.74) is 15.4. The van der Waals surface area contributed by atoms with E-state index in [0.717, 1.165) is 49.3 Å². The van der Waals surface area contributed by atoms with Crippen LogP contribution in [0.15, 0.2) is 60.7 Å². The molecule has 1 aliphatic rings. The first-order valence-electron chi connectivity index (χ1n) is 14.5. The van der Waals surface area contributed by atoms with E-state index in [-0.39, 0.29) is 6.67 Å². The summed E-state index contributed by atoms with van der Waals surface area (Å²) in [7, 11) is 0. The number of nitrogens with two attached hydrogens (primary N) is 1. The molecular formula is C35H46Cl2FN. The standard InChI is InChI=1S/C24H21Cl2N.C7H16.C4H9F/c1-15-5-7-16(8-6-15)24-20-12-10-19(27)13-17(20)3-2-4-22(24)21-11-9-18(25)14-23(21)26;1-4-6-7(3)5-2;1-2-3-4-5/h5-14H,2-4,27H2,1H3;7H,4-6H2,1-3H3;2-4H2,1H3. The number of rotatable bonds is 7. The second-order valence-electron chi connectivity index (χ2n) is 10.5. The van der Waals surface area contributed by atoms with Crippen molar-refractivity contribution in [1.82, 2.24) is 0 Å². The Kier molecular flexibility index (Phi) is 14.7. The monoisotopic (exact) mass is 569 g/mol. The van der Waals surface area contributed by atoms with Gasteiger partial charge in [0.15, 0.2) is 0 Å². The molecule has 4 heteroatoms. The summed E-state index contributed by atoms with van der Waals surface area (Å²) in [6.45, 7) is 10.7. The largest absolute Gasteiger partial charge is 0.399 e. The molecule has 3 aromatic rings. The maximum absolute atomic E-state index is 11.0. The van der Waals surface area contributed by atoms with Gasteiger partial charge >= 0.3 is 0 Å². The van der Waals surface area contributed by atoms with Crippen molar-refractivity contribution in [1.29, 1.82) is 0 Å². The number of allylic oxidation sites excluding steroid dienone is 1. The molecule has 0 aliphatic heterocycles. The summed E-state index contributed by atoms with van der Waals surface area (Å²) in [6, 6.07) is 20.7. The molecule has 0 amide bonds. The lowest BCUT2D eigenvalue weighted by atomic mass is 9.87. The molecular weight excluding hydrogens is 524 g/mol. The van der Waals surface area contributed by atoms with Crippen LogP contribution in [0.2, 0.25) is 10.0 Å². The van der Waals surface area contributed by atoms with Gasteiger partial charge < -0.3 is 5.73 Å². The average Bonchev–Trinajstić information content (AvgIpc) is 3.09. The van der Waals surface area contributed by atoms with Crippen molar-refractivity contribution in [2.24, 2.45) is 5.92 Å². The number of nitrogen functional groups attached to an aromatic ring is 1. The summed E-state index contributed by atoms with van der Waals surface area (Å²) < 4.78 is 11.0. The van der Waals surface area contributed by atoms with Crippen molar-refractivity contribution in [3.05, 3.63) is 98.5 Å². The van der Waals surface area contributed by atoms with Gasteiger partial charge in [-0.1, -0.05) is 119 Å². The fourth-order valence-electron chi connectivity index (χ4n) is 4.69. The lowest BCUT2D eigenvalue weighted by Gasteiger charge is -2.18. The third-order valence-electron chi connectivity index (χ3n) is 7.14. The Hall–Kier alpha value is -2.29. The zero-order chi connectivity index (χ0) is 28.8. The molecule has 0 saturated heterocycles. The summed E-state index contributed by atoms with van der Waals surface area (Å²) in [5.74, 6) is 0.949. The van der Waals surface area contributed by atoms with Crippen LogP contribution in [0.4, 0.5) is 10.1 Å². The first-order chi connectivity index (χ1) is 18.7. The molecule has 3 aromatic carbocycles. The van der Waals surface area contributed by atoms with Gasteiger partial charge in [-0.05, 0) is 96.2 Å². The van der Waals surface area contributed by atoms with Gasteiger partial charge in [0, 0.05) is 15.7 Å². The van der Waals surface area contributed by atoms with Crippen LogP contribution in [0.5, 0.6) is 0 Å². The quantitative estimate of drug-likeness (QED) is 0.281. The molecule has 0 heterocycles. The molecule has 0 saturated carbocycles. The number of halogens is 3. The molecule has 39 heavy (non-hydrogen) atoms. The number of benzene rings is 3. The minimum Gasteiger partial charge on any atom is -0.399 e. The van der Waals surface area contributed by atoms with Crippen molar-refractivity contribution in [3.63, 3.8) is 0 Å². The molecule has 0 bridgehead atoms. The van der Waals surface area contributed by atoms with Crippen LogP contribution in [0, 0.1) is 12.8 Å². The molecule has 4 rings (SSSR count). The highest BCUT2D eigenvalue weighted by molar-refractivity contribution is 6.36. The molecule has 1 nitrogen and oxygen atoms in total. The van der Waals surface area contributed by atoms with E-state index in [0.29, 0.717) is 10.0 Å². The first kappa shape index (κ1) is 32.9. The van der Waals surface area contributed by atoms with Gasteiger partial charge in [-0.25, -0.2) is 0 Å². The predicted octanol–water partition coefficient (Wildman–Crippen LogP) is 11.8. The number of fused-ring (bicyclic) bond motifs is 1. The molecule has 212 valence electrons. The van der Waals surface area contributed by atoms with Crippen LogP contribution in [0.25, 0.3) is 11.1 Å². The summed E-state index contributed by atoms with van der Waals surface area (Å²) in [4.78, 5) is 0. The smallest absolute Gasteiger partial charge is 0.0894 e. The van der Waals surface area contributed by atoms with E-state index >= 15 is 0 Å². The Labute approximate surface area is 246 Å². The molecule has 1 atom stereocenters. The fraction of sp³-hybridized carbons (Fsp3) is 0.429. The van der Waals surface area contributed by atoms with Crippen LogP contribution in [0.1, 0.15) is 100 Å². The minimum absolute atomic E-state index is 0.156. The van der Waals surface area contributed by atoms with Crippen molar-refractivity contribution < 1.29 is 4.39 Å². The van der Waals surface area contributed by atoms with E-state index < -0.39 is 0 Å².